The lowest BCUT2D eigenvalue weighted by atomic mass is 9.80. The zero-order chi connectivity index (χ0) is 15.6. The molecule has 0 aliphatic carbocycles. The lowest BCUT2D eigenvalue weighted by molar-refractivity contribution is -0.118. The van der Waals surface area contributed by atoms with Crippen LogP contribution in [0.15, 0.2) is 18.2 Å². The number of nitrogens with one attached hydrogen (secondary N) is 1. The van der Waals surface area contributed by atoms with Crippen LogP contribution in [0.4, 0.5) is 5.69 Å². The van der Waals surface area contributed by atoms with Crippen LogP contribution in [-0.2, 0) is 4.79 Å². The first-order valence-electron chi connectivity index (χ1n) is 7.63. The van der Waals surface area contributed by atoms with E-state index < -0.39 is 0 Å². The normalized spacial score (nSPS) is 22.0. The van der Waals surface area contributed by atoms with Crippen LogP contribution in [0.25, 0.3) is 0 Å². The Bertz CT molecular complexity index is 505. The van der Waals surface area contributed by atoms with Crippen molar-refractivity contribution in [2.75, 3.05) is 25.0 Å². The molecule has 21 heavy (non-hydrogen) atoms. The molecule has 0 radical (unpaired) electrons. The fourth-order valence-corrected chi connectivity index (χ4v) is 3.01. The number of piperidine rings is 1. The monoisotopic (exact) mass is 289 g/mol. The summed E-state index contributed by atoms with van der Waals surface area (Å²) in [6.45, 7) is 10.6. The van der Waals surface area contributed by atoms with E-state index >= 15 is 0 Å². The standard InChI is InChI=1S/C17H27N3O/c1-12-6-5-7-13(2)16(12)19-15(21)10-20-9-8-14(18)17(3,4)11-20/h5-7,14H,8-11,18H2,1-4H3,(H,19,21). The van der Waals surface area contributed by atoms with E-state index in [1.807, 2.05) is 32.0 Å². The number of para-hydroxylation sites is 1. The van der Waals surface area contributed by atoms with Gasteiger partial charge in [-0.15, -0.1) is 0 Å². The van der Waals surface area contributed by atoms with Gasteiger partial charge in [0.25, 0.3) is 0 Å². The van der Waals surface area contributed by atoms with Crippen LogP contribution in [-0.4, -0.2) is 36.5 Å². The minimum Gasteiger partial charge on any atom is -0.327 e. The number of likely N-dealkylation sites (tertiary alicyclic amines) is 1. The maximum atomic E-state index is 12.3. The highest BCUT2D eigenvalue weighted by molar-refractivity contribution is 5.93. The van der Waals surface area contributed by atoms with Crippen molar-refractivity contribution in [2.45, 2.75) is 40.2 Å². The van der Waals surface area contributed by atoms with E-state index in [0.717, 1.165) is 36.3 Å². The molecule has 1 atom stereocenters. The van der Waals surface area contributed by atoms with Crippen molar-refractivity contribution in [3.05, 3.63) is 29.3 Å². The summed E-state index contributed by atoms with van der Waals surface area (Å²) in [7, 11) is 0. The first kappa shape index (κ1) is 16.0. The van der Waals surface area contributed by atoms with Gasteiger partial charge in [0.2, 0.25) is 5.91 Å². The Hall–Kier alpha value is -1.39. The van der Waals surface area contributed by atoms with Crippen LogP contribution in [0.1, 0.15) is 31.4 Å². The number of amides is 1. The average Bonchev–Trinajstić information content (AvgIpc) is 2.38. The quantitative estimate of drug-likeness (QED) is 0.897. The number of benzene rings is 1. The lowest BCUT2D eigenvalue weighted by Crippen LogP contribution is -2.53. The predicted molar refractivity (Wildman–Crippen MR) is 87.4 cm³/mol. The molecule has 1 fully saturated rings. The summed E-state index contributed by atoms with van der Waals surface area (Å²) in [4.78, 5) is 14.5. The molecule has 1 aliphatic heterocycles. The van der Waals surface area contributed by atoms with Crippen molar-refractivity contribution in [1.82, 2.24) is 4.90 Å². The summed E-state index contributed by atoms with van der Waals surface area (Å²) in [5.41, 5.74) is 9.35. The maximum absolute atomic E-state index is 12.3. The highest BCUT2D eigenvalue weighted by atomic mass is 16.2. The number of nitrogens with two attached hydrogens (primary N) is 1. The number of anilines is 1. The SMILES string of the molecule is Cc1cccc(C)c1NC(=O)CN1CCC(N)C(C)(C)C1. The Morgan fingerprint density at radius 2 is 2.00 bits per heavy atom. The molecule has 1 amide bonds. The second kappa shape index (κ2) is 6.16. The smallest absolute Gasteiger partial charge is 0.238 e. The number of aryl methyl sites for hydroxylation is 2. The molecule has 116 valence electrons. The van der Waals surface area contributed by atoms with Gasteiger partial charge in [0.05, 0.1) is 6.54 Å². The number of hydrogen-bond acceptors (Lipinski definition) is 3. The van der Waals surface area contributed by atoms with Crippen molar-refractivity contribution in [3.8, 4) is 0 Å². The molecule has 0 saturated carbocycles. The molecule has 4 nitrogen and oxygen atoms in total. The third-order valence-electron chi connectivity index (χ3n) is 4.50. The van der Waals surface area contributed by atoms with Crippen LogP contribution in [0.5, 0.6) is 0 Å². The number of carbonyl (C=O) groups is 1. The molecule has 1 heterocycles. The maximum Gasteiger partial charge on any atom is 0.238 e. The van der Waals surface area contributed by atoms with Crippen molar-refractivity contribution in [2.24, 2.45) is 11.1 Å². The van der Waals surface area contributed by atoms with Crippen LogP contribution >= 0.6 is 0 Å². The third-order valence-corrected chi connectivity index (χ3v) is 4.50. The van der Waals surface area contributed by atoms with E-state index in [1.165, 1.54) is 0 Å². The van der Waals surface area contributed by atoms with Crippen LogP contribution in [0, 0.1) is 19.3 Å². The minimum atomic E-state index is 0.0543. The van der Waals surface area contributed by atoms with Gasteiger partial charge in [0.15, 0.2) is 0 Å². The van der Waals surface area contributed by atoms with E-state index in [0.29, 0.717) is 6.54 Å². The Balaban J connectivity index is 1.97. The molecular formula is C17H27N3O. The highest BCUT2D eigenvalue weighted by Crippen LogP contribution is 2.27. The summed E-state index contributed by atoms with van der Waals surface area (Å²) in [6, 6.07) is 6.27. The summed E-state index contributed by atoms with van der Waals surface area (Å²) in [5, 5.41) is 3.05. The topological polar surface area (TPSA) is 58.4 Å². The van der Waals surface area contributed by atoms with Crippen molar-refractivity contribution in [3.63, 3.8) is 0 Å². The molecule has 1 unspecified atom stereocenters. The molecule has 1 aromatic carbocycles. The lowest BCUT2D eigenvalue weighted by Gasteiger charge is -2.42. The van der Waals surface area contributed by atoms with E-state index in [-0.39, 0.29) is 17.4 Å². The molecule has 1 aromatic rings. The molecule has 4 heteroatoms. The summed E-state index contributed by atoms with van der Waals surface area (Å²) in [6.07, 6.45) is 0.948. The van der Waals surface area contributed by atoms with Gasteiger partial charge in [-0.1, -0.05) is 32.0 Å². The fourth-order valence-electron chi connectivity index (χ4n) is 3.01. The largest absolute Gasteiger partial charge is 0.327 e. The number of carbonyl (C=O) groups excluding carboxylic acids is 1. The van der Waals surface area contributed by atoms with Crippen molar-refractivity contribution >= 4 is 11.6 Å². The fraction of sp³-hybridized carbons (Fsp3) is 0.588. The second-order valence-corrected chi connectivity index (χ2v) is 6.91. The molecule has 1 aliphatic rings. The average molecular weight is 289 g/mol. The Morgan fingerprint density at radius 3 is 2.57 bits per heavy atom. The molecule has 0 aromatic heterocycles. The van der Waals surface area contributed by atoms with Gasteiger partial charge in [-0.2, -0.15) is 0 Å². The van der Waals surface area contributed by atoms with Gasteiger partial charge in [-0.3, -0.25) is 9.69 Å². The van der Waals surface area contributed by atoms with E-state index in [4.69, 9.17) is 5.73 Å². The van der Waals surface area contributed by atoms with Gasteiger partial charge in [-0.25, -0.2) is 0 Å². The van der Waals surface area contributed by atoms with Crippen molar-refractivity contribution < 1.29 is 4.79 Å². The van der Waals surface area contributed by atoms with Gasteiger partial charge in [0.1, 0.15) is 0 Å². The zero-order valence-corrected chi connectivity index (χ0v) is 13.6. The van der Waals surface area contributed by atoms with Gasteiger partial charge < -0.3 is 11.1 Å². The number of nitrogens with zero attached hydrogens (tertiary/aromatic N) is 1. The molecule has 0 spiro atoms. The van der Waals surface area contributed by atoms with Gasteiger partial charge >= 0.3 is 0 Å². The predicted octanol–water partition coefficient (Wildman–Crippen LogP) is 2.30. The zero-order valence-electron chi connectivity index (χ0n) is 13.6. The number of rotatable bonds is 3. The molecule has 1 saturated heterocycles. The summed E-state index contributed by atoms with van der Waals surface area (Å²) < 4.78 is 0. The van der Waals surface area contributed by atoms with E-state index in [1.54, 1.807) is 0 Å². The highest BCUT2D eigenvalue weighted by Gasteiger charge is 2.33. The first-order chi connectivity index (χ1) is 9.79. The second-order valence-electron chi connectivity index (χ2n) is 6.91. The Morgan fingerprint density at radius 1 is 1.38 bits per heavy atom. The third kappa shape index (κ3) is 3.83. The Labute approximate surface area is 127 Å². The summed E-state index contributed by atoms with van der Waals surface area (Å²) >= 11 is 0. The van der Waals surface area contributed by atoms with Crippen molar-refractivity contribution in [1.29, 1.82) is 0 Å². The molecule has 3 N–H and O–H groups in total. The molecule has 0 bridgehead atoms. The van der Waals surface area contributed by atoms with Gasteiger partial charge in [-0.05, 0) is 36.8 Å². The first-order valence-corrected chi connectivity index (χ1v) is 7.63. The minimum absolute atomic E-state index is 0.0543. The van der Waals surface area contributed by atoms with Crippen LogP contribution in [0.3, 0.4) is 0 Å². The molecular weight excluding hydrogens is 262 g/mol. The van der Waals surface area contributed by atoms with Crippen LogP contribution in [0.2, 0.25) is 0 Å². The van der Waals surface area contributed by atoms with E-state index in [2.05, 4.69) is 24.1 Å². The Kier molecular flexibility index (Phi) is 4.69. The van der Waals surface area contributed by atoms with Gasteiger partial charge in [0, 0.05) is 24.8 Å². The van der Waals surface area contributed by atoms with E-state index in [9.17, 15) is 4.79 Å². The number of hydrogen-bond donors (Lipinski definition) is 2. The summed E-state index contributed by atoms with van der Waals surface area (Å²) in [5.74, 6) is 0.0543. The van der Waals surface area contributed by atoms with Crippen LogP contribution < -0.4 is 11.1 Å². The molecule has 2 rings (SSSR count).